The van der Waals surface area contributed by atoms with Crippen molar-refractivity contribution in [2.24, 2.45) is 5.41 Å². The third-order valence-corrected chi connectivity index (χ3v) is 4.70. The van der Waals surface area contributed by atoms with Gasteiger partial charge in [0.1, 0.15) is 0 Å². The van der Waals surface area contributed by atoms with E-state index in [0.29, 0.717) is 19.7 Å². The van der Waals surface area contributed by atoms with Crippen LogP contribution in [0, 0.1) is 5.41 Å². The van der Waals surface area contributed by atoms with E-state index in [1.54, 1.807) is 0 Å². The fraction of sp³-hybridized carbons (Fsp3) is 1.00. The van der Waals surface area contributed by atoms with Gasteiger partial charge < -0.3 is 14.4 Å². The van der Waals surface area contributed by atoms with E-state index in [2.05, 4.69) is 4.90 Å². The molecule has 1 aliphatic heterocycles. The highest BCUT2D eigenvalue weighted by Crippen LogP contribution is 2.48. The number of rotatable bonds is 6. The first-order valence-electron chi connectivity index (χ1n) is 7.28. The maximum atomic E-state index is 13.1. The van der Waals surface area contributed by atoms with Crippen molar-refractivity contribution in [3.05, 3.63) is 0 Å². The Bertz CT molecular complexity index is 321. The van der Waals surface area contributed by atoms with Crippen LogP contribution in [-0.2, 0) is 9.47 Å². The van der Waals surface area contributed by atoms with Crippen molar-refractivity contribution in [1.29, 1.82) is 0 Å². The first-order chi connectivity index (χ1) is 9.36. The van der Waals surface area contributed by atoms with Crippen molar-refractivity contribution in [3.63, 3.8) is 0 Å². The number of ether oxygens (including phenoxy) is 2. The van der Waals surface area contributed by atoms with Gasteiger partial charge in [0.05, 0.1) is 6.61 Å². The molecule has 0 aromatic heterocycles. The Balaban J connectivity index is 1.85. The smallest absolute Gasteiger partial charge is 0.381 e. The Morgan fingerprint density at radius 1 is 1.10 bits per heavy atom. The number of piperidine rings is 1. The molecule has 0 atom stereocenters. The molecule has 0 bridgehead atoms. The molecule has 2 fully saturated rings. The average Bonchev–Trinajstić information content (AvgIpc) is 3.16. The summed E-state index contributed by atoms with van der Waals surface area (Å²) in [7, 11) is 1.17. The Labute approximate surface area is 118 Å². The maximum Gasteiger partial charge on any atom is 0.417 e. The van der Waals surface area contributed by atoms with Crippen LogP contribution in [0.15, 0.2) is 0 Å². The molecule has 0 aromatic rings. The Hall–Kier alpha value is -0.330. The second-order valence-corrected chi connectivity index (χ2v) is 6.11. The summed E-state index contributed by atoms with van der Waals surface area (Å²) in [4.78, 5) is 2.13. The summed E-state index contributed by atoms with van der Waals surface area (Å²) in [6.07, 6.45) is -1.98. The van der Waals surface area contributed by atoms with Gasteiger partial charge in [0.25, 0.3) is 0 Å². The molecule has 3 nitrogen and oxygen atoms in total. The Morgan fingerprint density at radius 2 is 1.70 bits per heavy atom. The molecule has 0 N–H and O–H groups in total. The molecule has 0 spiro atoms. The van der Waals surface area contributed by atoms with Crippen LogP contribution in [0.1, 0.15) is 32.6 Å². The van der Waals surface area contributed by atoms with E-state index in [-0.39, 0.29) is 18.3 Å². The fourth-order valence-electron chi connectivity index (χ4n) is 2.99. The van der Waals surface area contributed by atoms with E-state index >= 15 is 0 Å². The van der Waals surface area contributed by atoms with Crippen molar-refractivity contribution in [1.82, 2.24) is 4.90 Å². The number of hydrogen-bond donors (Lipinski definition) is 0. The van der Waals surface area contributed by atoms with Crippen molar-refractivity contribution in [2.45, 2.75) is 44.4 Å². The normalized spacial score (nSPS) is 25.6. The van der Waals surface area contributed by atoms with E-state index in [0.717, 1.165) is 26.0 Å². The molecule has 0 radical (unpaired) electrons. The minimum Gasteiger partial charge on any atom is -0.381 e. The number of alkyl halides is 3. The predicted molar refractivity (Wildman–Crippen MR) is 69.6 cm³/mol. The zero-order chi connectivity index (χ0) is 14.9. The van der Waals surface area contributed by atoms with Crippen LogP contribution in [0.5, 0.6) is 0 Å². The van der Waals surface area contributed by atoms with Gasteiger partial charge in [-0.2, -0.15) is 13.2 Å². The Kier molecular flexibility index (Phi) is 4.66. The molecule has 1 saturated heterocycles. The minimum absolute atomic E-state index is 0.0255. The first-order valence-corrected chi connectivity index (χ1v) is 7.28. The summed E-state index contributed by atoms with van der Waals surface area (Å²) in [6.45, 7) is 5.14. The van der Waals surface area contributed by atoms with Gasteiger partial charge in [0.15, 0.2) is 5.60 Å². The minimum atomic E-state index is -4.28. The van der Waals surface area contributed by atoms with Crippen LogP contribution < -0.4 is 0 Å². The monoisotopic (exact) mass is 295 g/mol. The Morgan fingerprint density at radius 3 is 2.10 bits per heavy atom. The topological polar surface area (TPSA) is 21.7 Å². The lowest BCUT2D eigenvalue weighted by atomic mass is 9.89. The van der Waals surface area contributed by atoms with Crippen molar-refractivity contribution in [3.8, 4) is 0 Å². The molecular formula is C14H24F3NO2. The molecular weight excluding hydrogens is 271 g/mol. The van der Waals surface area contributed by atoms with Gasteiger partial charge in [-0.25, -0.2) is 0 Å². The lowest BCUT2D eigenvalue weighted by Gasteiger charge is -2.42. The molecule has 2 rings (SSSR count). The molecule has 0 amide bonds. The maximum absolute atomic E-state index is 13.1. The highest BCUT2D eigenvalue weighted by molar-refractivity contribution is 4.99. The van der Waals surface area contributed by atoms with E-state index in [9.17, 15) is 13.2 Å². The third-order valence-electron chi connectivity index (χ3n) is 4.70. The van der Waals surface area contributed by atoms with E-state index < -0.39 is 11.8 Å². The summed E-state index contributed by atoms with van der Waals surface area (Å²) in [6, 6.07) is 0. The number of hydrogen-bond acceptors (Lipinski definition) is 3. The molecule has 1 heterocycles. The average molecular weight is 295 g/mol. The molecule has 0 unspecified atom stereocenters. The fourth-order valence-corrected chi connectivity index (χ4v) is 2.99. The molecule has 20 heavy (non-hydrogen) atoms. The number of methoxy groups -OCH3 is 1. The van der Waals surface area contributed by atoms with E-state index in [1.165, 1.54) is 7.11 Å². The quantitative estimate of drug-likeness (QED) is 0.752. The van der Waals surface area contributed by atoms with Gasteiger partial charge in [0, 0.05) is 38.8 Å². The number of nitrogens with zero attached hydrogens (tertiary/aromatic N) is 1. The predicted octanol–water partition coefficient (Wildman–Crippen LogP) is 2.85. The van der Waals surface area contributed by atoms with Gasteiger partial charge in [-0.15, -0.1) is 0 Å². The van der Waals surface area contributed by atoms with Crippen molar-refractivity contribution < 1.29 is 22.6 Å². The zero-order valence-electron chi connectivity index (χ0n) is 12.3. The summed E-state index contributed by atoms with van der Waals surface area (Å²) < 4.78 is 49.5. The van der Waals surface area contributed by atoms with Crippen LogP contribution in [-0.4, -0.2) is 56.6 Å². The van der Waals surface area contributed by atoms with Crippen molar-refractivity contribution in [2.75, 3.05) is 40.0 Å². The van der Waals surface area contributed by atoms with Gasteiger partial charge >= 0.3 is 6.18 Å². The van der Waals surface area contributed by atoms with Crippen LogP contribution >= 0.6 is 0 Å². The summed E-state index contributed by atoms with van der Waals surface area (Å²) in [5, 5.41) is 0. The van der Waals surface area contributed by atoms with Crippen LogP contribution in [0.3, 0.4) is 0 Å². The highest BCUT2D eigenvalue weighted by Gasteiger charge is 2.57. The second-order valence-electron chi connectivity index (χ2n) is 6.11. The number of likely N-dealkylation sites (tertiary alicyclic amines) is 1. The van der Waals surface area contributed by atoms with Gasteiger partial charge in [-0.3, -0.25) is 0 Å². The van der Waals surface area contributed by atoms with Crippen LogP contribution in [0.2, 0.25) is 0 Å². The van der Waals surface area contributed by atoms with Gasteiger partial charge in [-0.1, -0.05) is 0 Å². The third kappa shape index (κ3) is 3.28. The molecule has 2 aliphatic rings. The SMILES string of the molecule is CCOCC1(CN2CCC(OC)(C(F)(F)F)CC2)CC1. The molecule has 1 aliphatic carbocycles. The zero-order valence-corrected chi connectivity index (χ0v) is 12.3. The van der Waals surface area contributed by atoms with E-state index in [1.807, 2.05) is 6.92 Å². The standard InChI is InChI=1S/C14H24F3NO2/c1-3-20-11-12(4-5-12)10-18-8-6-13(19-2,7-9-18)14(15,16)17/h3-11H2,1-2H3. The molecule has 0 aromatic carbocycles. The molecule has 6 heteroatoms. The van der Waals surface area contributed by atoms with Gasteiger partial charge in [0.2, 0.25) is 0 Å². The lowest BCUT2D eigenvalue weighted by molar-refractivity contribution is -0.282. The largest absolute Gasteiger partial charge is 0.417 e. The van der Waals surface area contributed by atoms with Crippen LogP contribution in [0.4, 0.5) is 13.2 Å². The second kappa shape index (κ2) is 5.81. The molecule has 1 saturated carbocycles. The highest BCUT2D eigenvalue weighted by atomic mass is 19.4. The first kappa shape index (κ1) is 16.0. The summed E-state index contributed by atoms with van der Waals surface area (Å²) in [5.74, 6) is 0. The lowest BCUT2D eigenvalue weighted by Crippen LogP contribution is -2.55. The van der Waals surface area contributed by atoms with Gasteiger partial charge in [-0.05, 0) is 32.6 Å². The summed E-state index contributed by atoms with van der Waals surface area (Å²) in [5.41, 5.74) is -1.75. The molecule has 118 valence electrons. The number of halogens is 3. The van der Waals surface area contributed by atoms with Crippen molar-refractivity contribution >= 4 is 0 Å². The summed E-state index contributed by atoms with van der Waals surface area (Å²) >= 11 is 0. The van der Waals surface area contributed by atoms with Crippen LogP contribution in [0.25, 0.3) is 0 Å². The van der Waals surface area contributed by atoms with E-state index in [4.69, 9.17) is 9.47 Å².